The number of nitrogens with two attached hydrogens (primary N) is 1. The Morgan fingerprint density at radius 1 is 1.14 bits per heavy atom. The van der Waals surface area contributed by atoms with Crippen molar-refractivity contribution in [2.75, 3.05) is 12.3 Å². The molecule has 2 aromatic rings. The predicted octanol–water partition coefficient (Wildman–Crippen LogP) is 2.40. The topological polar surface area (TPSA) is 105 Å². The van der Waals surface area contributed by atoms with E-state index in [1.54, 1.807) is 36.0 Å². The molecule has 0 spiro atoms. The average Bonchev–Trinajstić information content (AvgIpc) is 2.72. The quantitative estimate of drug-likeness (QED) is 0.236. The molecule has 0 unspecified atom stereocenters. The van der Waals surface area contributed by atoms with Crippen LogP contribution in [0.25, 0.3) is 0 Å². The number of carbonyl (C=O) groups excluding carboxylic acids is 2. The Morgan fingerprint density at radius 2 is 1.83 bits per heavy atom. The van der Waals surface area contributed by atoms with E-state index in [2.05, 4.69) is 5.32 Å². The number of hydrogen-bond donors (Lipinski definition) is 3. The SMILES string of the molecule is CCN[C@H](Cc1ccc(O)cc1)C(=O)N(N)OC(=O)CCSCc1ccccc1. The predicted molar refractivity (Wildman–Crippen MR) is 114 cm³/mol. The Hall–Kier alpha value is -2.55. The number of hydroxylamine groups is 1. The fraction of sp³-hybridized carbons (Fsp3) is 0.333. The summed E-state index contributed by atoms with van der Waals surface area (Å²) in [6.45, 7) is 2.42. The third-order valence-electron chi connectivity index (χ3n) is 4.10. The molecule has 0 aliphatic carbocycles. The first-order chi connectivity index (χ1) is 14.0. The van der Waals surface area contributed by atoms with E-state index in [0.717, 1.165) is 11.3 Å². The van der Waals surface area contributed by atoms with Crippen molar-refractivity contribution < 1.29 is 19.5 Å². The van der Waals surface area contributed by atoms with Gasteiger partial charge >= 0.3 is 5.97 Å². The van der Waals surface area contributed by atoms with Crippen molar-refractivity contribution in [1.82, 2.24) is 10.5 Å². The normalized spacial score (nSPS) is 11.7. The number of likely N-dealkylation sites (N-methyl/N-ethyl adjacent to an activating group) is 1. The van der Waals surface area contributed by atoms with Crippen LogP contribution >= 0.6 is 11.8 Å². The zero-order valence-corrected chi connectivity index (χ0v) is 17.2. The molecule has 8 heteroatoms. The van der Waals surface area contributed by atoms with E-state index < -0.39 is 17.9 Å². The third-order valence-corrected chi connectivity index (χ3v) is 5.13. The molecular formula is C21H27N3O4S. The molecule has 2 rings (SSSR count). The Labute approximate surface area is 175 Å². The Kier molecular flexibility index (Phi) is 9.49. The second-order valence-electron chi connectivity index (χ2n) is 6.40. The van der Waals surface area contributed by atoms with E-state index in [1.165, 1.54) is 5.56 Å². The summed E-state index contributed by atoms with van der Waals surface area (Å²) in [6.07, 6.45) is 0.507. The lowest BCUT2D eigenvalue weighted by Gasteiger charge is -2.22. The number of carbonyl (C=O) groups is 2. The molecule has 0 fully saturated rings. The first-order valence-corrected chi connectivity index (χ1v) is 10.6. The first kappa shape index (κ1) is 22.7. The van der Waals surface area contributed by atoms with Gasteiger partial charge in [0.1, 0.15) is 5.75 Å². The maximum absolute atomic E-state index is 12.6. The van der Waals surface area contributed by atoms with Gasteiger partial charge in [0.2, 0.25) is 0 Å². The van der Waals surface area contributed by atoms with Crippen molar-refractivity contribution in [3.63, 3.8) is 0 Å². The van der Waals surface area contributed by atoms with Gasteiger partial charge in [-0.15, -0.1) is 0 Å². The molecule has 0 radical (unpaired) electrons. The fourth-order valence-electron chi connectivity index (χ4n) is 2.63. The molecule has 7 nitrogen and oxygen atoms in total. The highest BCUT2D eigenvalue weighted by atomic mass is 32.2. The molecule has 0 aliphatic rings. The molecule has 0 aliphatic heterocycles. The van der Waals surface area contributed by atoms with Gasteiger partial charge in [-0.3, -0.25) is 4.79 Å². The molecule has 0 heterocycles. The second kappa shape index (κ2) is 12.1. The number of phenols is 1. The number of phenolic OH excluding ortho intramolecular Hbond substituents is 1. The minimum absolute atomic E-state index is 0.152. The van der Waals surface area contributed by atoms with Gasteiger partial charge in [-0.05, 0) is 36.2 Å². The second-order valence-corrected chi connectivity index (χ2v) is 7.50. The van der Waals surface area contributed by atoms with E-state index >= 15 is 0 Å². The Bertz CT molecular complexity index is 771. The van der Waals surface area contributed by atoms with Crippen LogP contribution in [0.2, 0.25) is 0 Å². The highest BCUT2D eigenvalue weighted by Gasteiger charge is 2.25. The van der Waals surface area contributed by atoms with E-state index in [1.807, 2.05) is 37.3 Å². The van der Waals surface area contributed by atoms with Crippen LogP contribution in [-0.4, -0.2) is 40.5 Å². The van der Waals surface area contributed by atoms with Gasteiger partial charge in [-0.2, -0.15) is 11.8 Å². The molecule has 0 aromatic heterocycles. The summed E-state index contributed by atoms with van der Waals surface area (Å²) in [7, 11) is 0. The summed E-state index contributed by atoms with van der Waals surface area (Å²) in [6, 6.07) is 15.9. The molecular weight excluding hydrogens is 390 g/mol. The van der Waals surface area contributed by atoms with Crippen LogP contribution in [0.1, 0.15) is 24.5 Å². The lowest BCUT2D eigenvalue weighted by molar-refractivity contribution is -0.200. The minimum atomic E-state index is -0.644. The van der Waals surface area contributed by atoms with Crippen molar-refractivity contribution in [1.29, 1.82) is 0 Å². The zero-order chi connectivity index (χ0) is 21.1. The maximum Gasteiger partial charge on any atom is 0.335 e. The van der Waals surface area contributed by atoms with Gasteiger partial charge in [0.05, 0.1) is 12.5 Å². The molecule has 0 saturated heterocycles. The number of benzene rings is 2. The number of thioether (sulfide) groups is 1. The van der Waals surface area contributed by atoms with Crippen LogP contribution in [0.15, 0.2) is 54.6 Å². The molecule has 29 heavy (non-hydrogen) atoms. The van der Waals surface area contributed by atoms with E-state index in [0.29, 0.717) is 23.9 Å². The molecule has 1 amide bonds. The summed E-state index contributed by atoms with van der Waals surface area (Å²) < 4.78 is 0. The molecule has 0 saturated carbocycles. The van der Waals surface area contributed by atoms with Gasteiger partial charge in [0, 0.05) is 11.5 Å². The van der Waals surface area contributed by atoms with Crippen molar-refractivity contribution in [2.24, 2.45) is 5.84 Å². The van der Waals surface area contributed by atoms with Crippen LogP contribution in [0.3, 0.4) is 0 Å². The van der Waals surface area contributed by atoms with Crippen molar-refractivity contribution in [3.8, 4) is 5.75 Å². The summed E-state index contributed by atoms with van der Waals surface area (Å²) in [5.74, 6) is 6.11. The molecule has 0 bridgehead atoms. The van der Waals surface area contributed by atoms with E-state index in [-0.39, 0.29) is 12.2 Å². The molecule has 4 N–H and O–H groups in total. The van der Waals surface area contributed by atoms with Crippen LogP contribution < -0.4 is 11.2 Å². The fourth-order valence-corrected chi connectivity index (χ4v) is 3.52. The number of rotatable bonds is 10. The van der Waals surface area contributed by atoms with Gasteiger partial charge in [-0.1, -0.05) is 54.6 Å². The van der Waals surface area contributed by atoms with Gasteiger partial charge in [-0.25, -0.2) is 10.6 Å². The van der Waals surface area contributed by atoms with E-state index in [9.17, 15) is 14.7 Å². The first-order valence-electron chi connectivity index (χ1n) is 9.42. The lowest BCUT2D eigenvalue weighted by Crippen LogP contribution is -2.51. The number of aromatic hydroxyl groups is 1. The average molecular weight is 418 g/mol. The van der Waals surface area contributed by atoms with Crippen LogP contribution in [0.5, 0.6) is 5.75 Å². The standard InChI is InChI=1S/C21H27N3O4S/c1-2-23-19(14-16-8-10-18(25)11-9-16)21(27)24(22)28-20(26)12-13-29-15-17-6-4-3-5-7-17/h3-11,19,23,25H,2,12-15,22H2,1H3/t19-/m1/s1. The number of amides is 1. The Morgan fingerprint density at radius 3 is 2.48 bits per heavy atom. The maximum atomic E-state index is 12.6. The number of hydrogen-bond acceptors (Lipinski definition) is 7. The van der Waals surface area contributed by atoms with Gasteiger partial charge in [0.15, 0.2) is 0 Å². The van der Waals surface area contributed by atoms with Crippen LogP contribution in [-0.2, 0) is 26.6 Å². The summed E-state index contributed by atoms with van der Waals surface area (Å²) in [5, 5.41) is 12.9. The number of nitrogens with zero attached hydrogens (tertiary/aromatic N) is 1. The highest BCUT2D eigenvalue weighted by Crippen LogP contribution is 2.14. The van der Waals surface area contributed by atoms with Crippen molar-refractivity contribution in [3.05, 3.63) is 65.7 Å². The smallest absolute Gasteiger partial charge is 0.335 e. The van der Waals surface area contributed by atoms with Gasteiger partial charge < -0.3 is 15.3 Å². The molecule has 156 valence electrons. The number of nitrogens with one attached hydrogen (secondary N) is 1. The molecule has 1 atom stereocenters. The highest BCUT2D eigenvalue weighted by molar-refractivity contribution is 7.98. The summed E-state index contributed by atoms with van der Waals surface area (Å²) in [4.78, 5) is 29.5. The zero-order valence-electron chi connectivity index (χ0n) is 16.4. The largest absolute Gasteiger partial charge is 0.508 e. The lowest BCUT2D eigenvalue weighted by atomic mass is 10.1. The van der Waals surface area contributed by atoms with E-state index in [4.69, 9.17) is 10.7 Å². The van der Waals surface area contributed by atoms with Crippen molar-refractivity contribution >= 4 is 23.6 Å². The Balaban J connectivity index is 1.78. The number of hydrazine groups is 1. The summed E-state index contributed by atoms with van der Waals surface area (Å²) in [5.41, 5.74) is 2.03. The summed E-state index contributed by atoms with van der Waals surface area (Å²) >= 11 is 1.61. The third kappa shape index (κ3) is 8.15. The monoisotopic (exact) mass is 417 g/mol. The van der Waals surface area contributed by atoms with Gasteiger partial charge in [0.25, 0.3) is 5.91 Å². The van der Waals surface area contributed by atoms with Crippen LogP contribution in [0, 0.1) is 0 Å². The van der Waals surface area contributed by atoms with Crippen LogP contribution in [0.4, 0.5) is 0 Å². The van der Waals surface area contributed by atoms with Crippen molar-refractivity contribution in [2.45, 2.75) is 31.6 Å². The molecule has 2 aromatic carbocycles. The minimum Gasteiger partial charge on any atom is -0.508 e.